The molecule has 4 heteroatoms. The zero-order valence-corrected chi connectivity index (χ0v) is 16.5. The van der Waals surface area contributed by atoms with E-state index in [-0.39, 0.29) is 5.91 Å². The Morgan fingerprint density at radius 3 is 2.54 bits per heavy atom. The van der Waals surface area contributed by atoms with E-state index in [1.807, 2.05) is 44.2 Å². The van der Waals surface area contributed by atoms with Crippen LogP contribution in [0.4, 0.5) is 5.69 Å². The molecule has 0 aliphatic heterocycles. The molecule has 0 heterocycles. The van der Waals surface area contributed by atoms with E-state index in [0.29, 0.717) is 23.5 Å². The molecule has 1 atom stereocenters. The van der Waals surface area contributed by atoms with Gasteiger partial charge in [0.15, 0.2) is 0 Å². The van der Waals surface area contributed by atoms with Crippen molar-refractivity contribution in [2.24, 2.45) is 5.92 Å². The van der Waals surface area contributed by atoms with Crippen LogP contribution in [0.15, 0.2) is 42.5 Å². The summed E-state index contributed by atoms with van der Waals surface area (Å²) in [6.45, 7) is 7.37. The summed E-state index contributed by atoms with van der Waals surface area (Å²) in [4.78, 5) is 15.0. The lowest BCUT2D eigenvalue weighted by Gasteiger charge is -2.29. The van der Waals surface area contributed by atoms with Gasteiger partial charge in [-0.05, 0) is 62.3 Å². The SMILES string of the molecule is Cc1cc(C)c(NC(=O)CN(Cc2ccccc2)[C@H](C)C2CC2)c(Cl)c1. The standard InChI is InChI=1S/C22H27ClN2O/c1-15-11-16(2)22(20(23)12-15)24-21(26)14-25(17(3)19-9-10-19)13-18-7-5-4-6-8-18/h4-8,11-12,17,19H,9-10,13-14H2,1-3H3,(H,24,26)/t17-/m1/s1. The van der Waals surface area contributed by atoms with Gasteiger partial charge in [0, 0.05) is 12.6 Å². The second kappa shape index (κ2) is 8.24. The zero-order valence-electron chi connectivity index (χ0n) is 15.8. The van der Waals surface area contributed by atoms with Crippen molar-refractivity contribution in [2.75, 3.05) is 11.9 Å². The molecule has 0 saturated heterocycles. The van der Waals surface area contributed by atoms with Gasteiger partial charge >= 0.3 is 0 Å². The Bertz CT molecular complexity index is 748. The van der Waals surface area contributed by atoms with Crippen LogP contribution in [0.2, 0.25) is 5.02 Å². The van der Waals surface area contributed by atoms with Crippen molar-refractivity contribution in [3.63, 3.8) is 0 Å². The fourth-order valence-electron chi connectivity index (χ4n) is 3.48. The second-order valence-electron chi connectivity index (χ2n) is 7.46. The molecule has 2 aromatic rings. The normalized spacial score (nSPS) is 15.1. The molecule has 0 unspecified atom stereocenters. The number of anilines is 1. The van der Waals surface area contributed by atoms with Gasteiger partial charge in [0.25, 0.3) is 0 Å². The lowest BCUT2D eigenvalue weighted by molar-refractivity contribution is -0.118. The van der Waals surface area contributed by atoms with E-state index in [0.717, 1.165) is 23.4 Å². The number of amides is 1. The number of carbonyl (C=O) groups excluding carboxylic acids is 1. The molecule has 1 amide bonds. The number of rotatable bonds is 7. The number of carbonyl (C=O) groups is 1. The first-order valence-corrected chi connectivity index (χ1v) is 9.66. The molecule has 0 spiro atoms. The van der Waals surface area contributed by atoms with Gasteiger partial charge in [0.05, 0.1) is 17.3 Å². The van der Waals surface area contributed by atoms with Crippen molar-refractivity contribution in [2.45, 2.75) is 46.2 Å². The fraction of sp³-hybridized carbons (Fsp3) is 0.409. The van der Waals surface area contributed by atoms with Crippen molar-refractivity contribution in [1.82, 2.24) is 4.90 Å². The molecule has 1 saturated carbocycles. The maximum Gasteiger partial charge on any atom is 0.238 e. The fourth-order valence-corrected chi connectivity index (χ4v) is 3.84. The topological polar surface area (TPSA) is 32.3 Å². The molecule has 138 valence electrons. The minimum Gasteiger partial charge on any atom is -0.323 e. The van der Waals surface area contributed by atoms with Crippen LogP contribution in [0, 0.1) is 19.8 Å². The minimum atomic E-state index is -0.0118. The molecule has 0 radical (unpaired) electrons. The lowest BCUT2D eigenvalue weighted by atomic mass is 10.1. The summed E-state index contributed by atoms with van der Waals surface area (Å²) in [6, 6.07) is 14.7. The van der Waals surface area contributed by atoms with Gasteiger partial charge in [-0.2, -0.15) is 0 Å². The molecule has 2 aromatic carbocycles. The van der Waals surface area contributed by atoms with Gasteiger partial charge in [0.2, 0.25) is 5.91 Å². The zero-order chi connectivity index (χ0) is 18.7. The van der Waals surface area contributed by atoms with Crippen molar-refractivity contribution < 1.29 is 4.79 Å². The van der Waals surface area contributed by atoms with E-state index >= 15 is 0 Å². The monoisotopic (exact) mass is 370 g/mol. The van der Waals surface area contributed by atoms with Gasteiger partial charge < -0.3 is 5.32 Å². The molecule has 1 fully saturated rings. The van der Waals surface area contributed by atoms with Gasteiger partial charge in [-0.3, -0.25) is 9.69 Å². The third-order valence-electron chi connectivity index (χ3n) is 5.15. The number of nitrogens with one attached hydrogen (secondary N) is 1. The molecule has 0 bridgehead atoms. The summed E-state index contributed by atoms with van der Waals surface area (Å²) in [7, 11) is 0. The maximum absolute atomic E-state index is 12.7. The molecule has 1 aliphatic carbocycles. The minimum absolute atomic E-state index is 0.0118. The van der Waals surface area contributed by atoms with Crippen molar-refractivity contribution in [3.8, 4) is 0 Å². The second-order valence-corrected chi connectivity index (χ2v) is 7.86. The summed E-state index contributed by atoms with van der Waals surface area (Å²) in [6.07, 6.45) is 2.52. The molecule has 0 aromatic heterocycles. The average Bonchev–Trinajstić information content (AvgIpc) is 3.43. The third kappa shape index (κ3) is 4.87. The van der Waals surface area contributed by atoms with Crippen LogP contribution in [0.1, 0.15) is 36.5 Å². The number of hydrogen-bond acceptors (Lipinski definition) is 2. The van der Waals surface area contributed by atoms with Crippen molar-refractivity contribution in [1.29, 1.82) is 0 Å². The number of nitrogens with zero attached hydrogens (tertiary/aromatic N) is 1. The van der Waals surface area contributed by atoms with E-state index < -0.39 is 0 Å². The highest BCUT2D eigenvalue weighted by atomic mass is 35.5. The maximum atomic E-state index is 12.7. The van der Waals surface area contributed by atoms with E-state index in [2.05, 4.69) is 29.3 Å². The Morgan fingerprint density at radius 2 is 1.92 bits per heavy atom. The van der Waals surface area contributed by atoms with Gasteiger partial charge in [-0.1, -0.05) is 48.0 Å². The smallest absolute Gasteiger partial charge is 0.238 e. The lowest BCUT2D eigenvalue weighted by Crippen LogP contribution is -2.40. The number of aryl methyl sites for hydroxylation is 2. The highest BCUT2D eigenvalue weighted by Crippen LogP contribution is 2.35. The van der Waals surface area contributed by atoms with Gasteiger partial charge in [-0.25, -0.2) is 0 Å². The van der Waals surface area contributed by atoms with E-state index in [9.17, 15) is 4.79 Å². The molecule has 1 aliphatic rings. The van der Waals surface area contributed by atoms with E-state index in [1.54, 1.807) is 0 Å². The molecule has 26 heavy (non-hydrogen) atoms. The van der Waals surface area contributed by atoms with Crippen LogP contribution >= 0.6 is 11.6 Å². The first-order chi connectivity index (χ1) is 12.4. The third-order valence-corrected chi connectivity index (χ3v) is 5.45. The highest BCUT2D eigenvalue weighted by molar-refractivity contribution is 6.34. The first kappa shape index (κ1) is 18.9. The van der Waals surface area contributed by atoms with Crippen LogP contribution in [-0.4, -0.2) is 23.4 Å². The Labute approximate surface area is 161 Å². The highest BCUT2D eigenvalue weighted by Gasteiger charge is 2.32. The van der Waals surface area contributed by atoms with Gasteiger partial charge in [-0.15, -0.1) is 0 Å². The summed E-state index contributed by atoms with van der Waals surface area (Å²) >= 11 is 6.34. The molecule has 3 rings (SSSR count). The van der Waals surface area contributed by atoms with E-state index in [4.69, 9.17) is 11.6 Å². The first-order valence-electron chi connectivity index (χ1n) is 9.28. The van der Waals surface area contributed by atoms with Crippen LogP contribution in [0.25, 0.3) is 0 Å². The van der Waals surface area contributed by atoms with Crippen molar-refractivity contribution in [3.05, 3.63) is 64.2 Å². The van der Waals surface area contributed by atoms with E-state index in [1.165, 1.54) is 18.4 Å². The predicted molar refractivity (Wildman–Crippen MR) is 109 cm³/mol. The van der Waals surface area contributed by atoms with Crippen LogP contribution in [0.5, 0.6) is 0 Å². The molecule has 1 N–H and O–H groups in total. The average molecular weight is 371 g/mol. The number of benzene rings is 2. The predicted octanol–water partition coefficient (Wildman–Crippen LogP) is 5.20. The van der Waals surface area contributed by atoms with Crippen LogP contribution in [-0.2, 0) is 11.3 Å². The Balaban J connectivity index is 1.71. The van der Waals surface area contributed by atoms with Gasteiger partial charge in [0.1, 0.15) is 0 Å². The van der Waals surface area contributed by atoms with Crippen LogP contribution < -0.4 is 5.32 Å². The summed E-state index contributed by atoms with van der Waals surface area (Å²) in [5.74, 6) is 0.693. The molecular formula is C22H27ClN2O. The Morgan fingerprint density at radius 1 is 1.23 bits per heavy atom. The Kier molecular flexibility index (Phi) is 6.00. The molecule has 3 nitrogen and oxygen atoms in total. The number of halogens is 1. The van der Waals surface area contributed by atoms with Crippen molar-refractivity contribution >= 4 is 23.2 Å². The summed E-state index contributed by atoms with van der Waals surface area (Å²) < 4.78 is 0. The summed E-state index contributed by atoms with van der Waals surface area (Å²) in [5.41, 5.74) is 4.05. The Hall–Kier alpha value is -1.84. The summed E-state index contributed by atoms with van der Waals surface area (Å²) in [5, 5.41) is 3.62. The molecular weight excluding hydrogens is 344 g/mol. The van der Waals surface area contributed by atoms with Crippen LogP contribution in [0.3, 0.4) is 0 Å². The largest absolute Gasteiger partial charge is 0.323 e. The number of hydrogen-bond donors (Lipinski definition) is 1. The quantitative estimate of drug-likeness (QED) is 0.726.